The Morgan fingerprint density at radius 3 is 0.647 bits per heavy atom. The van der Waals surface area contributed by atoms with Crippen LogP contribution in [0, 0.1) is 0 Å². The number of rotatable bonds is 42. The molecule has 0 bridgehead atoms. The van der Waals surface area contributed by atoms with Gasteiger partial charge in [-0.15, -0.1) is 7.92 Å². The third kappa shape index (κ3) is 44.9. The van der Waals surface area contributed by atoms with Crippen LogP contribution in [0.3, 0.4) is 0 Å². The fourth-order valence-corrected chi connectivity index (χ4v) is 13.3. The van der Waals surface area contributed by atoms with E-state index in [1.54, 1.807) is 18.5 Å². The van der Waals surface area contributed by atoms with Gasteiger partial charge in [0.1, 0.15) is 0 Å². The van der Waals surface area contributed by atoms with Crippen LogP contribution in [0.25, 0.3) is 0 Å². The van der Waals surface area contributed by atoms with Gasteiger partial charge in [-0.05, 0) is 57.0 Å². The van der Waals surface area contributed by atoms with E-state index in [1.165, 1.54) is 231 Å². The summed E-state index contributed by atoms with van der Waals surface area (Å²) in [5, 5.41) is 0. The summed E-state index contributed by atoms with van der Waals surface area (Å²) in [6.07, 6.45) is 58.1. The summed E-state index contributed by atoms with van der Waals surface area (Å²) in [5.74, 6) is 0. The second-order valence-corrected chi connectivity index (χ2v) is 22.8. The first kappa shape index (κ1) is 53.8. The first-order chi connectivity index (χ1) is 25.0. The Bertz CT molecular complexity index is 564. The summed E-state index contributed by atoms with van der Waals surface area (Å²) < 4.78 is 13.5. The Labute approximate surface area is 328 Å². The molecule has 0 atom stereocenters. The van der Waals surface area contributed by atoms with Crippen LogP contribution < -0.4 is 0 Å². The normalized spacial score (nSPS) is 11.7. The standard InChI is InChI=1S/C24H51OP.C24H51P/c1-4-7-10-13-16-19-22-26(25,23-20-17-14-11-8-5-2)24-21-18-15-12-9-6-3;1-4-7-10-13-16-19-22-25(23-20-17-14-11-8-5-2)24-21-18-15-12-9-6-3/h4-24H2,1-3H3;4-24H2,1-3H3. The van der Waals surface area contributed by atoms with Crippen molar-refractivity contribution in [3.8, 4) is 0 Å². The van der Waals surface area contributed by atoms with Crippen molar-refractivity contribution in [1.29, 1.82) is 0 Å². The van der Waals surface area contributed by atoms with Gasteiger partial charge in [-0.3, -0.25) is 0 Å². The molecule has 51 heavy (non-hydrogen) atoms. The molecule has 0 fully saturated rings. The van der Waals surface area contributed by atoms with Crippen LogP contribution in [0.2, 0.25) is 0 Å². The number of hydrogen-bond donors (Lipinski definition) is 0. The van der Waals surface area contributed by atoms with Crippen LogP contribution >= 0.6 is 15.1 Å². The first-order valence-electron chi connectivity index (χ1n) is 24.3. The van der Waals surface area contributed by atoms with E-state index in [-0.39, 0.29) is 0 Å². The number of unbranched alkanes of at least 4 members (excludes halogenated alkanes) is 30. The molecule has 0 saturated heterocycles. The average Bonchev–Trinajstić information content (AvgIpc) is 3.13. The molecule has 0 amide bonds. The Hall–Kier alpha value is 0.660. The predicted molar refractivity (Wildman–Crippen MR) is 244 cm³/mol. The van der Waals surface area contributed by atoms with E-state index in [9.17, 15) is 4.57 Å². The summed E-state index contributed by atoms with van der Waals surface area (Å²) in [7, 11) is -1.52. The van der Waals surface area contributed by atoms with E-state index in [4.69, 9.17) is 0 Å². The molecule has 0 aromatic carbocycles. The first-order valence-corrected chi connectivity index (χ1v) is 28.5. The molecule has 0 aromatic heterocycles. The maximum atomic E-state index is 13.5. The monoisotopic (exact) mass is 757 g/mol. The lowest BCUT2D eigenvalue weighted by molar-refractivity contribution is 0.555. The average molecular weight is 757 g/mol. The van der Waals surface area contributed by atoms with Gasteiger partial charge in [0.05, 0.1) is 7.14 Å². The molecule has 0 spiro atoms. The fourth-order valence-electron chi connectivity index (χ4n) is 7.56. The van der Waals surface area contributed by atoms with E-state index >= 15 is 0 Å². The number of hydrogen-bond acceptors (Lipinski definition) is 1. The van der Waals surface area contributed by atoms with Gasteiger partial charge in [-0.1, -0.05) is 234 Å². The van der Waals surface area contributed by atoms with Crippen LogP contribution in [-0.2, 0) is 4.57 Å². The van der Waals surface area contributed by atoms with Crippen molar-refractivity contribution in [2.24, 2.45) is 0 Å². The molecule has 0 heterocycles. The van der Waals surface area contributed by atoms with E-state index in [0.717, 1.165) is 18.5 Å². The third-order valence-electron chi connectivity index (χ3n) is 11.2. The van der Waals surface area contributed by atoms with Crippen molar-refractivity contribution in [2.75, 3.05) is 37.0 Å². The topological polar surface area (TPSA) is 17.1 Å². The molecule has 1 nitrogen and oxygen atoms in total. The van der Waals surface area contributed by atoms with Crippen LogP contribution in [0.1, 0.15) is 273 Å². The molecular weight excluding hydrogens is 654 g/mol. The van der Waals surface area contributed by atoms with Crippen LogP contribution in [-0.4, -0.2) is 37.0 Å². The Morgan fingerprint density at radius 1 is 0.255 bits per heavy atom. The largest absolute Gasteiger partial charge is 0.324 e. The van der Waals surface area contributed by atoms with E-state index in [1.807, 2.05) is 0 Å². The van der Waals surface area contributed by atoms with Crippen LogP contribution in [0.4, 0.5) is 0 Å². The van der Waals surface area contributed by atoms with Gasteiger partial charge < -0.3 is 4.57 Å². The molecule has 0 aliphatic rings. The molecule has 0 aliphatic carbocycles. The van der Waals surface area contributed by atoms with Crippen molar-refractivity contribution in [3.63, 3.8) is 0 Å². The van der Waals surface area contributed by atoms with Gasteiger partial charge in [-0.2, -0.15) is 0 Å². The summed E-state index contributed by atoms with van der Waals surface area (Å²) >= 11 is 0. The minimum absolute atomic E-state index is 0.366. The molecule has 0 rings (SSSR count). The molecule has 0 saturated carbocycles. The van der Waals surface area contributed by atoms with E-state index in [0.29, 0.717) is 7.92 Å². The van der Waals surface area contributed by atoms with Gasteiger partial charge >= 0.3 is 0 Å². The van der Waals surface area contributed by atoms with Crippen molar-refractivity contribution in [3.05, 3.63) is 0 Å². The highest BCUT2D eigenvalue weighted by Gasteiger charge is 2.20. The van der Waals surface area contributed by atoms with Gasteiger partial charge in [0.15, 0.2) is 0 Å². The molecule has 3 heteroatoms. The van der Waals surface area contributed by atoms with Gasteiger partial charge in [0, 0.05) is 18.5 Å². The summed E-state index contributed by atoms with van der Waals surface area (Å²) in [6, 6.07) is 0. The highest BCUT2D eigenvalue weighted by atomic mass is 31.2. The quantitative estimate of drug-likeness (QED) is 0.0448. The maximum Gasteiger partial charge on any atom is 0.0877 e. The summed E-state index contributed by atoms with van der Waals surface area (Å²) in [5.41, 5.74) is 0. The highest BCUT2D eigenvalue weighted by Crippen LogP contribution is 2.48. The van der Waals surface area contributed by atoms with Crippen molar-refractivity contribution < 1.29 is 4.57 Å². The molecule has 0 unspecified atom stereocenters. The Morgan fingerprint density at radius 2 is 0.431 bits per heavy atom. The van der Waals surface area contributed by atoms with Gasteiger partial charge in [0.25, 0.3) is 0 Å². The Balaban J connectivity index is 0. The SMILES string of the molecule is CCCCCCCCP(=O)(CCCCCCCC)CCCCCCCC.CCCCCCCCP(CCCCCCCC)CCCCCCCC. The second kappa shape index (κ2) is 46.8. The van der Waals surface area contributed by atoms with Crippen LogP contribution in [0.15, 0.2) is 0 Å². The zero-order chi connectivity index (χ0) is 37.8. The third-order valence-corrected chi connectivity index (χ3v) is 17.5. The minimum atomic E-state index is -1.89. The van der Waals surface area contributed by atoms with Gasteiger partial charge in [-0.25, -0.2) is 0 Å². The van der Waals surface area contributed by atoms with E-state index < -0.39 is 7.14 Å². The molecule has 0 aromatic rings. The van der Waals surface area contributed by atoms with Crippen molar-refractivity contribution in [1.82, 2.24) is 0 Å². The maximum absolute atomic E-state index is 13.5. The molecule has 0 N–H and O–H groups in total. The van der Waals surface area contributed by atoms with Crippen molar-refractivity contribution in [2.45, 2.75) is 273 Å². The smallest absolute Gasteiger partial charge is 0.0877 e. The lowest BCUT2D eigenvalue weighted by Gasteiger charge is -2.18. The summed E-state index contributed by atoms with van der Waals surface area (Å²) in [4.78, 5) is 0. The lowest BCUT2D eigenvalue weighted by Crippen LogP contribution is -2.02. The van der Waals surface area contributed by atoms with E-state index in [2.05, 4.69) is 41.5 Å². The predicted octanol–water partition coefficient (Wildman–Crippen LogP) is 19.0. The molecular formula is C48H102OP2. The zero-order valence-corrected chi connectivity index (χ0v) is 38.8. The van der Waals surface area contributed by atoms with Crippen LogP contribution in [0.5, 0.6) is 0 Å². The molecule has 310 valence electrons. The zero-order valence-electron chi connectivity index (χ0n) is 37.0. The molecule has 0 radical (unpaired) electrons. The second-order valence-electron chi connectivity index (χ2n) is 16.7. The van der Waals surface area contributed by atoms with Crippen molar-refractivity contribution >= 4 is 15.1 Å². The summed E-state index contributed by atoms with van der Waals surface area (Å²) in [6.45, 7) is 13.8. The van der Waals surface area contributed by atoms with Gasteiger partial charge in [0.2, 0.25) is 0 Å². The minimum Gasteiger partial charge on any atom is -0.324 e. The Kier molecular flexibility index (Phi) is 49.3. The molecule has 0 aliphatic heterocycles. The lowest BCUT2D eigenvalue weighted by atomic mass is 10.1. The highest BCUT2D eigenvalue weighted by molar-refractivity contribution is 7.63. The fraction of sp³-hybridized carbons (Fsp3) is 1.00.